The molecule has 2 aliphatic carbocycles. The Labute approximate surface area is 395 Å². The van der Waals surface area contributed by atoms with Crippen molar-refractivity contribution in [1.29, 1.82) is 0 Å². The molecule has 0 amide bonds. The zero-order valence-corrected chi connectivity index (χ0v) is 38.0. The van der Waals surface area contributed by atoms with Gasteiger partial charge < -0.3 is 9.80 Å². The van der Waals surface area contributed by atoms with E-state index < -0.39 is 0 Å². The van der Waals surface area contributed by atoms with Crippen LogP contribution in [0.15, 0.2) is 249 Å². The van der Waals surface area contributed by atoms with E-state index in [1.165, 1.54) is 108 Å². The van der Waals surface area contributed by atoms with Gasteiger partial charge in [0, 0.05) is 31.0 Å². The van der Waals surface area contributed by atoms with Gasteiger partial charge in [-0.3, -0.25) is 0 Å². The third-order valence-corrected chi connectivity index (χ3v) is 15.7. The van der Waals surface area contributed by atoms with Gasteiger partial charge in [0.15, 0.2) is 0 Å². The molecule has 2 heterocycles. The van der Waals surface area contributed by atoms with E-state index in [0.29, 0.717) is 0 Å². The van der Waals surface area contributed by atoms with E-state index in [4.69, 9.17) is 0 Å². The van der Waals surface area contributed by atoms with Crippen molar-refractivity contribution in [2.24, 2.45) is 0 Å². The monoisotopic (exact) mass is 880 g/mol. The summed E-state index contributed by atoms with van der Waals surface area (Å²) in [5.74, 6) is 0. The summed E-state index contributed by atoms with van der Waals surface area (Å²) in [5, 5.41) is 5.04. The van der Waals surface area contributed by atoms with Gasteiger partial charge in [-0.2, -0.15) is 0 Å². The van der Waals surface area contributed by atoms with Crippen LogP contribution in [0.4, 0.5) is 34.1 Å². The average Bonchev–Trinajstić information content (AvgIpc) is 3.39. The lowest BCUT2D eigenvalue weighted by molar-refractivity contribution is 1.01. The molecule has 0 radical (unpaired) electrons. The van der Waals surface area contributed by atoms with Crippen molar-refractivity contribution >= 4 is 84.8 Å². The van der Waals surface area contributed by atoms with Gasteiger partial charge in [-0.25, -0.2) is 0 Å². The predicted molar refractivity (Wildman–Crippen MR) is 282 cm³/mol. The number of rotatable bonds is 6. The van der Waals surface area contributed by atoms with Crippen LogP contribution in [0.1, 0.15) is 31.2 Å². The molecule has 0 unspecified atom stereocenters. The summed E-state index contributed by atoms with van der Waals surface area (Å²) in [6.45, 7) is 0. The third-order valence-electron chi connectivity index (χ3n) is 13.5. The minimum atomic E-state index is 0.968. The van der Waals surface area contributed by atoms with E-state index in [1.54, 1.807) is 0 Å². The quantitative estimate of drug-likeness (QED) is 0.153. The molecule has 314 valence electrons. The fourth-order valence-corrected chi connectivity index (χ4v) is 12.6. The molecule has 2 aliphatic heterocycles. The fraction of sp³-hybridized carbons (Fsp3) is 0.0645. The molecule has 0 fully saturated rings. The molecule has 2 nitrogen and oxygen atoms in total. The minimum absolute atomic E-state index is 0.968. The zero-order chi connectivity index (χ0) is 43.6. The Morgan fingerprint density at radius 3 is 1.44 bits per heavy atom. The van der Waals surface area contributed by atoms with Gasteiger partial charge in [-0.05, 0) is 171 Å². The van der Waals surface area contributed by atoms with Crippen molar-refractivity contribution in [2.45, 2.75) is 45.3 Å². The number of nitrogens with zero attached hydrogens (tertiary/aromatic N) is 2. The number of hydrogen-bond donors (Lipinski definition) is 0. The molecule has 9 aromatic carbocycles. The zero-order valence-electron chi connectivity index (χ0n) is 36.3. The summed E-state index contributed by atoms with van der Waals surface area (Å²) in [5.41, 5.74) is 17.4. The second kappa shape index (κ2) is 16.3. The number of allylic oxidation sites excluding steroid dienone is 8. The normalized spacial score (nSPS) is 15.1. The van der Waals surface area contributed by atoms with Crippen LogP contribution in [0.2, 0.25) is 0 Å². The van der Waals surface area contributed by atoms with Crippen molar-refractivity contribution < 1.29 is 0 Å². The summed E-state index contributed by atoms with van der Waals surface area (Å²) >= 11 is 3.71. The lowest BCUT2D eigenvalue weighted by atomic mass is 9.81. The van der Waals surface area contributed by atoms with Crippen LogP contribution in [0.25, 0.3) is 49.4 Å². The summed E-state index contributed by atoms with van der Waals surface area (Å²) in [7, 11) is 0. The Morgan fingerprint density at radius 1 is 0.364 bits per heavy atom. The molecule has 0 saturated carbocycles. The third kappa shape index (κ3) is 6.66. The van der Waals surface area contributed by atoms with Gasteiger partial charge in [0.2, 0.25) is 0 Å². The Hall–Kier alpha value is -7.24. The summed E-state index contributed by atoms with van der Waals surface area (Å²) in [6.07, 6.45) is 16.2. The molecule has 4 aliphatic rings. The molecule has 0 aromatic heterocycles. The minimum Gasteiger partial charge on any atom is -0.308 e. The molecule has 9 aromatic rings. The topological polar surface area (TPSA) is 6.48 Å². The van der Waals surface area contributed by atoms with Crippen molar-refractivity contribution in [3.63, 3.8) is 0 Å². The van der Waals surface area contributed by atoms with Gasteiger partial charge in [0.25, 0.3) is 0 Å². The summed E-state index contributed by atoms with van der Waals surface area (Å²) < 4.78 is 0. The molecule has 13 rings (SSSR count). The van der Waals surface area contributed by atoms with Crippen LogP contribution >= 0.6 is 23.5 Å². The van der Waals surface area contributed by atoms with E-state index in [0.717, 1.165) is 37.1 Å². The predicted octanol–water partition coefficient (Wildman–Crippen LogP) is 18.6. The van der Waals surface area contributed by atoms with Crippen LogP contribution in [0.3, 0.4) is 0 Å². The number of benzene rings is 9. The van der Waals surface area contributed by atoms with Gasteiger partial charge in [0.1, 0.15) is 0 Å². The summed E-state index contributed by atoms with van der Waals surface area (Å²) in [4.78, 5) is 10.0. The van der Waals surface area contributed by atoms with E-state index in [-0.39, 0.29) is 0 Å². The highest BCUT2D eigenvalue weighted by Gasteiger charge is 2.29. The van der Waals surface area contributed by atoms with Gasteiger partial charge >= 0.3 is 0 Å². The number of fused-ring (bicyclic) bond motifs is 6. The molecule has 4 heteroatoms. The van der Waals surface area contributed by atoms with Gasteiger partial charge in [-0.1, -0.05) is 163 Å². The van der Waals surface area contributed by atoms with E-state index in [2.05, 4.69) is 228 Å². The van der Waals surface area contributed by atoms with Crippen LogP contribution in [0, 0.1) is 0 Å². The maximum atomic E-state index is 2.51. The van der Waals surface area contributed by atoms with E-state index >= 15 is 0 Å². The highest BCUT2D eigenvalue weighted by Crippen LogP contribution is 2.55. The standard InChI is InChI=1S/C62H44N2S2/c1-3-17-41(18-4-1)43-21-15-23-45(37-43)61-49-35-33-48(64-55-27-9-13-31-59(55)66-60-32-14-10-28-56(60)64)40-52(49)62(46-24-16-22-44(38-46)42-19-5-2-6-20-42)50-36-34-47(39-51(50)61)63-53-25-7-11-29-57(53)65-58-30-12-8-26-54(58)63/h1,3-5,7-15,17-23,25-40H,2,6,16,24H2. The number of para-hydroxylation sites is 4. The second-order valence-corrected chi connectivity index (χ2v) is 19.6. The van der Waals surface area contributed by atoms with Gasteiger partial charge in [-0.15, -0.1) is 0 Å². The van der Waals surface area contributed by atoms with E-state index in [1.807, 2.05) is 23.5 Å². The SMILES string of the molecule is C1=CC(C2=CCCC(c3c4cc(N5c6ccccc6Sc6ccccc65)ccc4c(-c4cccc(-c5ccccc5)c4)c4cc(N5c6ccccc6Sc6ccccc65)ccc34)=C2)=CCC1. The lowest BCUT2D eigenvalue weighted by Crippen LogP contribution is -2.15. The van der Waals surface area contributed by atoms with Crippen LogP contribution in [-0.2, 0) is 0 Å². The van der Waals surface area contributed by atoms with Crippen LogP contribution in [0.5, 0.6) is 0 Å². The molecule has 0 saturated heterocycles. The molecule has 0 atom stereocenters. The Kier molecular flexibility index (Phi) is 9.69. The first-order valence-electron chi connectivity index (χ1n) is 23.0. The molecule has 0 bridgehead atoms. The molecule has 0 N–H and O–H groups in total. The van der Waals surface area contributed by atoms with Crippen molar-refractivity contribution in [3.05, 3.63) is 235 Å². The van der Waals surface area contributed by atoms with Crippen molar-refractivity contribution in [1.82, 2.24) is 0 Å². The largest absolute Gasteiger partial charge is 0.308 e. The van der Waals surface area contributed by atoms with Crippen molar-refractivity contribution in [2.75, 3.05) is 9.80 Å². The maximum Gasteiger partial charge on any atom is 0.0601 e. The highest BCUT2D eigenvalue weighted by atomic mass is 32.2. The van der Waals surface area contributed by atoms with E-state index in [9.17, 15) is 0 Å². The lowest BCUT2D eigenvalue weighted by Gasteiger charge is -2.34. The average molecular weight is 881 g/mol. The van der Waals surface area contributed by atoms with Crippen molar-refractivity contribution in [3.8, 4) is 22.3 Å². The van der Waals surface area contributed by atoms with Gasteiger partial charge in [0.05, 0.1) is 22.7 Å². The Balaban J connectivity index is 1.12. The second-order valence-electron chi connectivity index (χ2n) is 17.4. The Bertz CT molecular complexity index is 3470. The first-order valence-corrected chi connectivity index (χ1v) is 24.7. The highest BCUT2D eigenvalue weighted by molar-refractivity contribution is 8.00. The number of hydrogen-bond acceptors (Lipinski definition) is 4. The molecule has 0 spiro atoms. The fourth-order valence-electron chi connectivity index (χ4n) is 10.5. The maximum absolute atomic E-state index is 2.51. The first-order chi connectivity index (χ1) is 32.7. The van der Waals surface area contributed by atoms with Crippen LogP contribution < -0.4 is 9.80 Å². The smallest absolute Gasteiger partial charge is 0.0601 e. The molecule has 66 heavy (non-hydrogen) atoms. The molecular weight excluding hydrogens is 837 g/mol. The first kappa shape index (κ1) is 39.2. The van der Waals surface area contributed by atoms with Crippen LogP contribution in [-0.4, -0.2) is 0 Å². The summed E-state index contributed by atoms with van der Waals surface area (Å²) in [6, 6.07) is 70.0. The number of anilines is 6. The molecular formula is C62H44N2S2. The Morgan fingerprint density at radius 2 is 0.864 bits per heavy atom.